The molecule has 4 nitrogen and oxygen atoms in total. The van der Waals surface area contributed by atoms with Crippen LogP contribution in [0.15, 0.2) is 36.4 Å². The molecule has 0 unspecified atom stereocenters. The summed E-state index contributed by atoms with van der Waals surface area (Å²) in [5.41, 5.74) is 1.27. The van der Waals surface area contributed by atoms with Gasteiger partial charge >= 0.3 is 0 Å². The Hall–Kier alpha value is -2.81. The average molecular weight is 343 g/mol. The van der Waals surface area contributed by atoms with Gasteiger partial charge in [0.25, 0.3) is 0 Å². The summed E-state index contributed by atoms with van der Waals surface area (Å²) in [6.45, 7) is 0. The molecule has 0 saturated heterocycles. The highest BCUT2D eigenvalue weighted by Crippen LogP contribution is 2.59. The monoisotopic (exact) mass is 343 g/mol. The number of aromatic hydroxyl groups is 2. The number of phenols is 2. The predicted molar refractivity (Wildman–Crippen MR) is 84.7 cm³/mol. The third kappa shape index (κ3) is 2.56. The molecule has 1 saturated carbocycles. The van der Waals surface area contributed by atoms with Crippen molar-refractivity contribution in [1.29, 1.82) is 5.26 Å². The summed E-state index contributed by atoms with van der Waals surface area (Å²) >= 11 is 0. The second-order valence-electron chi connectivity index (χ2n) is 6.69. The number of fused-ring (bicyclic) bond motifs is 3. The van der Waals surface area contributed by atoms with Crippen molar-refractivity contribution in [2.75, 3.05) is 0 Å². The lowest BCUT2D eigenvalue weighted by Crippen LogP contribution is -2.27. The van der Waals surface area contributed by atoms with E-state index >= 15 is 0 Å². The number of ether oxygens (including phenoxy) is 1. The van der Waals surface area contributed by atoms with Gasteiger partial charge in [0.15, 0.2) is 0 Å². The zero-order valence-corrected chi connectivity index (χ0v) is 13.1. The average Bonchev–Trinajstić information content (AvgIpc) is 2.90. The molecule has 0 amide bonds. The van der Waals surface area contributed by atoms with Gasteiger partial charge in [0, 0.05) is 36.3 Å². The van der Waals surface area contributed by atoms with Crippen molar-refractivity contribution in [2.24, 2.45) is 5.92 Å². The molecule has 1 aliphatic heterocycles. The van der Waals surface area contributed by atoms with E-state index in [1.165, 1.54) is 24.3 Å². The number of phenolic OH excluding ortho intramolecular Hbond substituents is 2. The van der Waals surface area contributed by atoms with Crippen LogP contribution in [0.2, 0.25) is 0 Å². The Morgan fingerprint density at radius 1 is 1.08 bits per heavy atom. The molecule has 0 radical (unpaired) electrons. The van der Waals surface area contributed by atoms with Crippen LogP contribution in [0.25, 0.3) is 0 Å². The van der Waals surface area contributed by atoms with Gasteiger partial charge in [-0.15, -0.1) is 0 Å². The summed E-state index contributed by atoms with van der Waals surface area (Å²) in [4.78, 5) is 0. The Kier molecular flexibility index (Phi) is 3.36. The van der Waals surface area contributed by atoms with Gasteiger partial charge < -0.3 is 14.9 Å². The van der Waals surface area contributed by atoms with Crippen LogP contribution in [0.4, 0.5) is 8.78 Å². The van der Waals surface area contributed by atoms with E-state index in [-0.39, 0.29) is 35.7 Å². The van der Waals surface area contributed by atoms with Gasteiger partial charge in [0.2, 0.25) is 5.92 Å². The van der Waals surface area contributed by atoms with Crippen LogP contribution in [0, 0.1) is 17.2 Å². The van der Waals surface area contributed by atoms with E-state index in [2.05, 4.69) is 0 Å². The number of benzene rings is 2. The minimum Gasteiger partial charge on any atom is -0.508 e. The summed E-state index contributed by atoms with van der Waals surface area (Å²) in [6.07, 6.45) is -1.29. The molecule has 1 aliphatic carbocycles. The number of hydrogen-bond donors (Lipinski definition) is 2. The van der Waals surface area contributed by atoms with Crippen molar-refractivity contribution in [2.45, 2.75) is 30.8 Å². The fraction of sp³-hybridized carbons (Fsp3) is 0.316. The molecule has 0 spiro atoms. The maximum atomic E-state index is 14.2. The minimum atomic E-state index is -2.83. The van der Waals surface area contributed by atoms with Gasteiger partial charge in [0.05, 0.1) is 5.56 Å². The molecule has 2 aromatic carbocycles. The Morgan fingerprint density at radius 2 is 1.80 bits per heavy atom. The normalized spacial score (nSPS) is 26.2. The molecule has 1 heterocycles. The molecule has 1 fully saturated rings. The molecule has 0 aromatic heterocycles. The number of rotatable bonds is 1. The first-order valence-corrected chi connectivity index (χ1v) is 7.98. The van der Waals surface area contributed by atoms with Crippen LogP contribution in [0.3, 0.4) is 0 Å². The van der Waals surface area contributed by atoms with E-state index in [1.807, 2.05) is 6.07 Å². The molecule has 128 valence electrons. The predicted octanol–water partition coefficient (Wildman–Crippen LogP) is 4.23. The van der Waals surface area contributed by atoms with Gasteiger partial charge in [-0.05, 0) is 23.8 Å². The number of nitrogens with zero attached hydrogens (tertiary/aromatic N) is 1. The Morgan fingerprint density at radius 3 is 2.48 bits per heavy atom. The van der Waals surface area contributed by atoms with E-state index in [0.29, 0.717) is 11.1 Å². The number of alkyl halides is 2. The van der Waals surface area contributed by atoms with Crippen molar-refractivity contribution in [1.82, 2.24) is 0 Å². The van der Waals surface area contributed by atoms with Crippen molar-refractivity contribution in [3.05, 3.63) is 53.1 Å². The van der Waals surface area contributed by atoms with E-state index in [1.54, 1.807) is 12.1 Å². The summed E-state index contributed by atoms with van der Waals surface area (Å²) in [6, 6.07) is 10.9. The molecule has 3 atom stereocenters. The third-order valence-electron chi connectivity index (χ3n) is 5.05. The van der Waals surface area contributed by atoms with E-state index < -0.39 is 23.9 Å². The molecular weight excluding hydrogens is 328 g/mol. The summed E-state index contributed by atoms with van der Waals surface area (Å²) in [7, 11) is 0. The van der Waals surface area contributed by atoms with Crippen LogP contribution >= 0.6 is 0 Å². The number of nitriles is 1. The fourth-order valence-corrected chi connectivity index (χ4v) is 4.02. The lowest BCUT2D eigenvalue weighted by molar-refractivity contribution is -0.00233. The van der Waals surface area contributed by atoms with Crippen molar-refractivity contribution < 1.29 is 23.7 Å². The molecule has 6 heteroatoms. The smallest absolute Gasteiger partial charge is 0.249 e. The molecule has 2 N–H and O–H groups in total. The first-order valence-electron chi connectivity index (χ1n) is 7.98. The summed E-state index contributed by atoms with van der Waals surface area (Å²) in [5, 5.41) is 28.6. The summed E-state index contributed by atoms with van der Waals surface area (Å²) in [5.74, 6) is -3.59. The summed E-state index contributed by atoms with van der Waals surface area (Å²) < 4.78 is 34.3. The van der Waals surface area contributed by atoms with Gasteiger partial charge in [-0.25, -0.2) is 8.78 Å². The second-order valence-corrected chi connectivity index (χ2v) is 6.69. The highest BCUT2D eigenvalue weighted by Gasteiger charge is 2.53. The van der Waals surface area contributed by atoms with Crippen LogP contribution < -0.4 is 4.74 Å². The first kappa shape index (κ1) is 15.7. The van der Waals surface area contributed by atoms with Crippen LogP contribution in [0.1, 0.15) is 41.6 Å². The third-order valence-corrected chi connectivity index (χ3v) is 5.05. The van der Waals surface area contributed by atoms with E-state index in [9.17, 15) is 24.3 Å². The van der Waals surface area contributed by atoms with Crippen molar-refractivity contribution in [3.8, 4) is 23.3 Å². The zero-order valence-electron chi connectivity index (χ0n) is 13.1. The number of halogens is 2. The van der Waals surface area contributed by atoms with Gasteiger partial charge in [-0.1, -0.05) is 12.1 Å². The highest BCUT2D eigenvalue weighted by molar-refractivity contribution is 5.56. The Labute approximate surface area is 142 Å². The highest BCUT2D eigenvalue weighted by atomic mass is 19.3. The van der Waals surface area contributed by atoms with Crippen LogP contribution in [0.5, 0.6) is 17.2 Å². The lowest BCUT2D eigenvalue weighted by atomic mass is 9.79. The van der Waals surface area contributed by atoms with Crippen molar-refractivity contribution in [3.63, 3.8) is 0 Å². The quantitative estimate of drug-likeness (QED) is 0.812. The SMILES string of the molecule is N#Cc1cc(O)cc2c1O[C@@H](c1ccc(O)cc1)[C@H]1CC(F)(F)C[C@@H]21. The second kappa shape index (κ2) is 5.35. The fourth-order valence-electron chi connectivity index (χ4n) is 4.02. The topological polar surface area (TPSA) is 73.5 Å². The zero-order chi connectivity index (χ0) is 17.8. The van der Waals surface area contributed by atoms with E-state index in [0.717, 1.165) is 0 Å². The van der Waals surface area contributed by atoms with E-state index in [4.69, 9.17) is 4.74 Å². The molecule has 4 rings (SSSR count). The Balaban J connectivity index is 1.86. The van der Waals surface area contributed by atoms with Crippen LogP contribution in [-0.4, -0.2) is 16.1 Å². The maximum Gasteiger partial charge on any atom is 0.249 e. The first-order chi connectivity index (χ1) is 11.9. The van der Waals surface area contributed by atoms with Gasteiger partial charge in [0.1, 0.15) is 29.4 Å². The molecule has 2 aromatic rings. The lowest BCUT2D eigenvalue weighted by Gasteiger charge is -2.36. The molecule has 25 heavy (non-hydrogen) atoms. The maximum absolute atomic E-state index is 14.2. The molecular formula is C19H15F2NO3. The van der Waals surface area contributed by atoms with Crippen LogP contribution in [-0.2, 0) is 0 Å². The largest absolute Gasteiger partial charge is 0.508 e. The minimum absolute atomic E-state index is 0.0795. The molecule has 2 aliphatic rings. The van der Waals surface area contributed by atoms with Gasteiger partial charge in [-0.3, -0.25) is 0 Å². The standard InChI is InChI=1S/C19H15F2NO3/c20-19(21)7-15-14-6-13(24)5-11(9-22)18(14)25-17(16(15)8-19)10-1-3-12(23)4-2-10/h1-6,15-17,23-24H,7-8H2/t15-,16-,17-/m0/s1. The Bertz CT molecular complexity index is 873. The molecule has 0 bridgehead atoms. The van der Waals surface area contributed by atoms with Crippen molar-refractivity contribution >= 4 is 0 Å². The number of hydrogen-bond acceptors (Lipinski definition) is 4. The van der Waals surface area contributed by atoms with Gasteiger partial charge in [-0.2, -0.15) is 5.26 Å².